The van der Waals surface area contributed by atoms with Gasteiger partial charge in [0, 0.05) is 32.6 Å². The first-order valence-corrected chi connectivity index (χ1v) is 11.5. The molecule has 0 spiro atoms. The van der Waals surface area contributed by atoms with Gasteiger partial charge in [0.25, 0.3) is 5.88 Å². The Morgan fingerprint density at radius 3 is 2.50 bits per heavy atom. The van der Waals surface area contributed by atoms with Crippen molar-refractivity contribution < 1.29 is 28.6 Å². The Hall–Kier alpha value is -3.24. The van der Waals surface area contributed by atoms with Crippen LogP contribution in [0.25, 0.3) is 0 Å². The molecule has 1 atom stereocenters. The Bertz CT molecular complexity index is 914. The topological polar surface area (TPSA) is 124 Å². The summed E-state index contributed by atoms with van der Waals surface area (Å²) in [6.45, 7) is 14.0. The van der Waals surface area contributed by atoms with Crippen LogP contribution in [-0.2, 0) is 20.8 Å². The number of imidazole rings is 1. The van der Waals surface area contributed by atoms with E-state index in [0.29, 0.717) is 25.6 Å². The summed E-state index contributed by atoms with van der Waals surface area (Å²) in [6, 6.07) is -0.157. The third kappa shape index (κ3) is 8.27. The Balaban J connectivity index is 2.38. The highest BCUT2D eigenvalue weighted by molar-refractivity contribution is 5.89. The van der Waals surface area contributed by atoms with Crippen LogP contribution in [0.15, 0.2) is 11.6 Å². The van der Waals surface area contributed by atoms with E-state index in [0.717, 1.165) is 18.4 Å². The number of aromatic nitrogens is 2. The lowest BCUT2D eigenvalue weighted by molar-refractivity contribution is -0.114. The minimum Gasteiger partial charge on any atom is -0.444 e. The van der Waals surface area contributed by atoms with Gasteiger partial charge < -0.3 is 29.7 Å². The van der Waals surface area contributed by atoms with E-state index in [4.69, 9.17) is 14.2 Å². The van der Waals surface area contributed by atoms with Gasteiger partial charge in [-0.2, -0.15) is 4.98 Å². The molecular formula is C23H37N5O6. The van der Waals surface area contributed by atoms with Crippen LogP contribution in [-0.4, -0.2) is 59.0 Å². The largest absolute Gasteiger partial charge is 0.515 e. The lowest BCUT2D eigenvalue weighted by atomic mass is 10.1. The number of allylic oxidation sites excluding steroid dienone is 2. The Labute approximate surface area is 200 Å². The molecule has 1 aromatic heterocycles. The molecule has 1 aliphatic rings. The van der Waals surface area contributed by atoms with Crippen molar-refractivity contribution in [2.45, 2.75) is 79.5 Å². The fourth-order valence-corrected chi connectivity index (χ4v) is 3.44. The van der Waals surface area contributed by atoms with Gasteiger partial charge in [-0.05, 0) is 54.4 Å². The molecule has 2 N–H and O–H groups in total. The van der Waals surface area contributed by atoms with Gasteiger partial charge in [-0.25, -0.2) is 9.59 Å². The van der Waals surface area contributed by atoms with Crippen LogP contribution in [0.4, 0.5) is 21.4 Å². The number of rotatable bonds is 7. The van der Waals surface area contributed by atoms with Crippen molar-refractivity contribution >= 4 is 29.9 Å². The van der Waals surface area contributed by atoms with Gasteiger partial charge >= 0.3 is 12.2 Å². The van der Waals surface area contributed by atoms with Gasteiger partial charge in [-0.1, -0.05) is 11.6 Å². The van der Waals surface area contributed by atoms with Gasteiger partial charge in [0.05, 0.1) is 6.61 Å². The summed E-state index contributed by atoms with van der Waals surface area (Å²) >= 11 is 0. The molecule has 1 fully saturated rings. The Morgan fingerprint density at radius 1 is 1.21 bits per heavy atom. The number of hydrogen-bond acceptors (Lipinski definition) is 8. The molecule has 2 rings (SSSR count). The number of hydrogen-bond donors (Lipinski definition) is 2. The fourth-order valence-electron chi connectivity index (χ4n) is 3.44. The van der Waals surface area contributed by atoms with Crippen molar-refractivity contribution in [2.75, 3.05) is 29.9 Å². The predicted octanol–water partition coefficient (Wildman–Crippen LogP) is 3.84. The number of nitrogens with one attached hydrogen (secondary N) is 2. The first-order valence-electron chi connectivity index (χ1n) is 11.5. The summed E-state index contributed by atoms with van der Waals surface area (Å²) in [5.41, 5.74) is 0.469. The highest BCUT2D eigenvalue weighted by atomic mass is 16.7. The molecule has 2 amide bonds. The zero-order valence-corrected chi connectivity index (χ0v) is 21.2. The molecule has 34 heavy (non-hydrogen) atoms. The van der Waals surface area contributed by atoms with E-state index in [1.807, 2.05) is 45.6 Å². The number of anilines is 2. The molecular weight excluding hydrogens is 442 g/mol. The third-order valence-electron chi connectivity index (χ3n) is 4.74. The van der Waals surface area contributed by atoms with E-state index in [9.17, 15) is 14.4 Å². The van der Waals surface area contributed by atoms with E-state index in [-0.39, 0.29) is 30.3 Å². The number of piperidine rings is 1. The van der Waals surface area contributed by atoms with E-state index in [1.54, 1.807) is 11.5 Å². The zero-order valence-electron chi connectivity index (χ0n) is 21.2. The molecule has 1 aliphatic heterocycles. The van der Waals surface area contributed by atoms with Crippen LogP contribution < -0.4 is 20.3 Å². The minimum absolute atomic E-state index is 0.0865. The van der Waals surface area contributed by atoms with E-state index in [2.05, 4.69) is 15.6 Å². The van der Waals surface area contributed by atoms with Crippen LogP contribution in [0.1, 0.15) is 61.3 Å². The number of nitrogens with zero attached hydrogens (tertiary/aromatic N) is 3. The van der Waals surface area contributed by atoms with Crippen molar-refractivity contribution in [3.63, 3.8) is 0 Å². The van der Waals surface area contributed by atoms with Gasteiger partial charge in [0.2, 0.25) is 11.9 Å². The van der Waals surface area contributed by atoms with E-state index in [1.165, 1.54) is 6.92 Å². The second-order valence-corrected chi connectivity index (χ2v) is 9.36. The number of amides is 2. The lowest BCUT2D eigenvalue weighted by Gasteiger charge is -2.34. The van der Waals surface area contributed by atoms with E-state index >= 15 is 0 Å². The smallest absolute Gasteiger partial charge is 0.444 e. The Morgan fingerprint density at radius 2 is 1.91 bits per heavy atom. The van der Waals surface area contributed by atoms with Crippen molar-refractivity contribution in [2.24, 2.45) is 0 Å². The second kappa shape index (κ2) is 11.8. The molecule has 1 aromatic rings. The minimum atomic E-state index is -0.887. The number of carbonyl (C=O) groups excluding carboxylic acids is 3. The average Bonchev–Trinajstić information content (AvgIpc) is 3.01. The third-order valence-corrected chi connectivity index (χ3v) is 4.74. The molecule has 0 saturated carbocycles. The molecule has 2 heterocycles. The molecule has 190 valence electrons. The summed E-state index contributed by atoms with van der Waals surface area (Å²) < 4.78 is 17.5. The van der Waals surface area contributed by atoms with Crippen molar-refractivity contribution in [3.8, 4) is 5.88 Å². The highest BCUT2D eigenvalue weighted by Gasteiger charge is 2.30. The monoisotopic (exact) mass is 479 g/mol. The van der Waals surface area contributed by atoms with Crippen LogP contribution >= 0.6 is 0 Å². The molecule has 0 aliphatic carbocycles. The van der Waals surface area contributed by atoms with Crippen LogP contribution in [0, 0.1) is 0 Å². The van der Waals surface area contributed by atoms with Crippen molar-refractivity contribution in [3.05, 3.63) is 11.6 Å². The van der Waals surface area contributed by atoms with Crippen molar-refractivity contribution in [1.29, 1.82) is 0 Å². The fraction of sp³-hybridized carbons (Fsp3) is 0.652. The summed E-state index contributed by atoms with van der Waals surface area (Å²) in [6.07, 6.45) is 2.19. The van der Waals surface area contributed by atoms with Gasteiger partial charge in [-0.3, -0.25) is 9.36 Å². The quantitative estimate of drug-likeness (QED) is 0.447. The summed E-state index contributed by atoms with van der Waals surface area (Å²) in [7, 11) is 0. The SMILES string of the molecule is CCOC(=O)Oc1c(NC(C)=O)nc(N2CCCC(NC(=O)OC(C)(C)C)C2)n1CC=C(C)C. The zero-order chi connectivity index (χ0) is 25.5. The lowest BCUT2D eigenvalue weighted by Crippen LogP contribution is -2.49. The van der Waals surface area contributed by atoms with E-state index < -0.39 is 17.8 Å². The number of carbonyl (C=O) groups is 3. The molecule has 1 unspecified atom stereocenters. The standard InChI is InChI=1S/C23H37N5O6/c1-8-32-22(31)33-19-18(24-16(4)29)26-20(28(19)13-11-15(2)3)27-12-9-10-17(14-27)25-21(30)34-23(5,6)7/h11,17H,8-10,12-14H2,1-7H3,(H,24,29)(H,25,30). The molecule has 11 nitrogen and oxygen atoms in total. The molecule has 1 saturated heterocycles. The first-order chi connectivity index (χ1) is 15.9. The summed E-state index contributed by atoms with van der Waals surface area (Å²) in [5.74, 6) is 0.370. The summed E-state index contributed by atoms with van der Waals surface area (Å²) in [4.78, 5) is 42.8. The number of ether oxygens (including phenoxy) is 3. The normalized spacial score (nSPS) is 15.9. The van der Waals surface area contributed by atoms with Crippen LogP contribution in [0.3, 0.4) is 0 Å². The van der Waals surface area contributed by atoms with Gasteiger partial charge in [0.15, 0.2) is 5.82 Å². The van der Waals surface area contributed by atoms with Crippen molar-refractivity contribution in [1.82, 2.24) is 14.9 Å². The van der Waals surface area contributed by atoms with Gasteiger partial charge in [0.1, 0.15) is 5.60 Å². The molecule has 11 heteroatoms. The first kappa shape index (κ1) is 27.0. The maximum absolute atomic E-state index is 12.3. The highest BCUT2D eigenvalue weighted by Crippen LogP contribution is 2.33. The summed E-state index contributed by atoms with van der Waals surface area (Å²) in [5, 5.41) is 5.56. The molecule has 0 bridgehead atoms. The molecule has 0 radical (unpaired) electrons. The second-order valence-electron chi connectivity index (χ2n) is 9.36. The number of alkyl carbamates (subject to hydrolysis) is 1. The van der Waals surface area contributed by atoms with Crippen LogP contribution in [0.5, 0.6) is 5.88 Å². The molecule has 0 aromatic carbocycles. The maximum Gasteiger partial charge on any atom is 0.515 e. The Kier molecular flexibility index (Phi) is 9.34. The van der Waals surface area contributed by atoms with Crippen LogP contribution in [0.2, 0.25) is 0 Å². The maximum atomic E-state index is 12.3. The average molecular weight is 480 g/mol. The van der Waals surface area contributed by atoms with Gasteiger partial charge in [-0.15, -0.1) is 0 Å². The predicted molar refractivity (Wildman–Crippen MR) is 128 cm³/mol.